The van der Waals surface area contributed by atoms with E-state index < -0.39 is 0 Å². The zero-order valence-corrected chi connectivity index (χ0v) is 10.3. The number of hydrogen-bond donors (Lipinski definition) is 1. The highest BCUT2D eigenvalue weighted by molar-refractivity contribution is 6.30. The summed E-state index contributed by atoms with van der Waals surface area (Å²) in [7, 11) is 0. The molecule has 2 heterocycles. The van der Waals surface area contributed by atoms with Gasteiger partial charge < -0.3 is 10.1 Å². The number of halogens is 2. The quantitative estimate of drug-likeness (QED) is 0.847. The Labute approximate surface area is 106 Å². The van der Waals surface area contributed by atoms with Crippen LogP contribution in [0.2, 0.25) is 5.15 Å². The molecular formula is C11H14Cl2N2O. The first-order valence-corrected chi connectivity index (χ1v) is 5.70. The lowest BCUT2D eigenvalue weighted by Gasteiger charge is -2.14. The van der Waals surface area contributed by atoms with Crippen LogP contribution in [0.4, 0.5) is 0 Å². The molecule has 0 amide bonds. The summed E-state index contributed by atoms with van der Waals surface area (Å²) in [6.07, 6.45) is 4.25. The number of nitrogens with one attached hydrogen (secondary N) is 1. The molecule has 1 saturated heterocycles. The smallest absolute Gasteiger partial charge is 0.171 e. The zero-order chi connectivity index (χ0) is 10.3. The van der Waals surface area contributed by atoms with Crippen molar-refractivity contribution in [2.45, 2.75) is 24.9 Å². The predicted molar refractivity (Wildman–Crippen MR) is 65.4 cm³/mol. The van der Waals surface area contributed by atoms with Gasteiger partial charge in [-0.25, -0.2) is 4.98 Å². The standard InChI is InChI=1S/C11H13ClN2O.ClH/c12-11-10(2-1-3-13-11)15-6-8-4-7-5-9(7)14-8;/h1-3,7-9,14H,4-6H2;1H/t7-,8+,9+;/m1./s1. The second-order valence-electron chi connectivity index (χ2n) is 4.30. The fourth-order valence-corrected chi connectivity index (χ4v) is 2.41. The summed E-state index contributed by atoms with van der Waals surface area (Å²) in [4.78, 5) is 3.97. The van der Waals surface area contributed by atoms with E-state index in [9.17, 15) is 0 Å². The molecule has 88 valence electrons. The molecule has 1 aliphatic carbocycles. The molecule has 0 unspecified atom stereocenters. The highest BCUT2D eigenvalue weighted by Crippen LogP contribution is 2.40. The van der Waals surface area contributed by atoms with Gasteiger partial charge in [-0.1, -0.05) is 11.6 Å². The Morgan fingerprint density at radius 1 is 1.50 bits per heavy atom. The molecule has 0 aromatic carbocycles. The van der Waals surface area contributed by atoms with Crippen molar-refractivity contribution in [1.82, 2.24) is 10.3 Å². The van der Waals surface area contributed by atoms with Crippen LogP contribution in [0.3, 0.4) is 0 Å². The maximum atomic E-state index is 5.89. The SMILES string of the molecule is Cl.Clc1ncccc1OC[C@@H]1C[C@@H]2C[C@@H]2N1. The third-order valence-electron chi connectivity index (χ3n) is 3.12. The third kappa shape index (κ3) is 2.42. The zero-order valence-electron chi connectivity index (χ0n) is 8.73. The second kappa shape index (κ2) is 4.78. The monoisotopic (exact) mass is 260 g/mol. The molecule has 5 heteroatoms. The van der Waals surface area contributed by atoms with Gasteiger partial charge in [-0.15, -0.1) is 12.4 Å². The van der Waals surface area contributed by atoms with Crippen molar-refractivity contribution in [3.05, 3.63) is 23.5 Å². The van der Waals surface area contributed by atoms with Crippen LogP contribution < -0.4 is 10.1 Å². The molecule has 1 saturated carbocycles. The Balaban J connectivity index is 0.000000963. The van der Waals surface area contributed by atoms with Gasteiger partial charge in [0.05, 0.1) is 0 Å². The Hall–Kier alpha value is -0.510. The Morgan fingerprint density at radius 3 is 3.06 bits per heavy atom. The number of hydrogen-bond acceptors (Lipinski definition) is 3. The van der Waals surface area contributed by atoms with Crippen molar-refractivity contribution in [1.29, 1.82) is 0 Å². The number of fused-ring (bicyclic) bond motifs is 1. The summed E-state index contributed by atoms with van der Waals surface area (Å²) in [5.41, 5.74) is 0. The normalized spacial score (nSPS) is 30.4. The van der Waals surface area contributed by atoms with Crippen molar-refractivity contribution >= 4 is 24.0 Å². The van der Waals surface area contributed by atoms with Gasteiger partial charge in [0.1, 0.15) is 6.61 Å². The van der Waals surface area contributed by atoms with E-state index in [4.69, 9.17) is 16.3 Å². The van der Waals surface area contributed by atoms with Crippen LogP contribution in [0.15, 0.2) is 18.3 Å². The summed E-state index contributed by atoms with van der Waals surface area (Å²) in [6, 6.07) is 4.94. The van der Waals surface area contributed by atoms with Gasteiger partial charge >= 0.3 is 0 Å². The maximum Gasteiger partial charge on any atom is 0.171 e. The van der Waals surface area contributed by atoms with Crippen LogP contribution in [-0.2, 0) is 0 Å². The minimum absolute atomic E-state index is 0. The largest absolute Gasteiger partial charge is 0.489 e. The summed E-state index contributed by atoms with van der Waals surface area (Å²) >= 11 is 5.89. The second-order valence-corrected chi connectivity index (χ2v) is 4.66. The lowest BCUT2D eigenvalue weighted by atomic mass is 10.2. The van der Waals surface area contributed by atoms with E-state index in [-0.39, 0.29) is 12.4 Å². The molecule has 16 heavy (non-hydrogen) atoms. The van der Waals surface area contributed by atoms with E-state index in [1.165, 1.54) is 12.8 Å². The van der Waals surface area contributed by atoms with Gasteiger partial charge in [0.2, 0.25) is 0 Å². The molecule has 3 nitrogen and oxygen atoms in total. The van der Waals surface area contributed by atoms with Crippen LogP contribution in [0.5, 0.6) is 5.75 Å². The molecule has 1 N–H and O–H groups in total. The van der Waals surface area contributed by atoms with Crippen molar-refractivity contribution < 1.29 is 4.74 Å². The van der Waals surface area contributed by atoms with Crippen LogP contribution >= 0.6 is 24.0 Å². The fraction of sp³-hybridized carbons (Fsp3) is 0.545. The molecule has 1 aliphatic heterocycles. The molecular weight excluding hydrogens is 247 g/mol. The van der Waals surface area contributed by atoms with E-state index in [0.717, 1.165) is 12.0 Å². The van der Waals surface area contributed by atoms with Gasteiger partial charge in [-0.05, 0) is 30.9 Å². The lowest BCUT2D eigenvalue weighted by molar-refractivity contribution is 0.267. The van der Waals surface area contributed by atoms with E-state index >= 15 is 0 Å². The maximum absolute atomic E-state index is 5.89. The molecule has 3 atom stereocenters. The average Bonchev–Trinajstić information content (AvgIpc) is 2.85. The fourth-order valence-electron chi connectivity index (χ4n) is 2.23. The van der Waals surface area contributed by atoms with Gasteiger partial charge in [0.15, 0.2) is 10.9 Å². The summed E-state index contributed by atoms with van der Waals surface area (Å²) in [5, 5.41) is 3.97. The Kier molecular flexibility index (Phi) is 3.57. The van der Waals surface area contributed by atoms with Gasteiger partial charge in [0.25, 0.3) is 0 Å². The van der Waals surface area contributed by atoms with Crippen LogP contribution in [-0.4, -0.2) is 23.7 Å². The third-order valence-corrected chi connectivity index (χ3v) is 3.41. The first-order valence-electron chi connectivity index (χ1n) is 5.32. The predicted octanol–water partition coefficient (Wildman–Crippen LogP) is 2.29. The minimum atomic E-state index is 0. The summed E-state index contributed by atoms with van der Waals surface area (Å²) in [5.74, 6) is 1.59. The van der Waals surface area contributed by atoms with Crippen molar-refractivity contribution in [3.8, 4) is 5.75 Å². The topological polar surface area (TPSA) is 34.1 Å². The highest BCUT2D eigenvalue weighted by atomic mass is 35.5. The lowest BCUT2D eigenvalue weighted by Crippen LogP contribution is -2.31. The number of pyridine rings is 1. The first kappa shape index (κ1) is 12.0. The van der Waals surface area contributed by atoms with E-state index in [0.29, 0.717) is 23.6 Å². The molecule has 0 spiro atoms. The van der Waals surface area contributed by atoms with Gasteiger partial charge in [-0.3, -0.25) is 0 Å². The highest BCUT2D eigenvalue weighted by Gasteiger charge is 2.45. The average molecular weight is 261 g/mol. The molecule has 1 aromatic rings. The number of ether oxygens (including phenoxy) is 1. The molecule has 1 aromatic heterocycles. The van der Waals surface area contributed by atoms with Crippen molar-refractivity contribution in [2.75, 3.05) is 6.61 Å². The van der Waals surface area contributed by atoms with Crippen molar-refractivity contribution in [2.24, 2.45) is 5.92 Å². The molecule has 0 radical (unpaired) electrons. The molecule has 3 rings (SSSR count). The van der Waals surface area contributed by atoms with Crippen LogP contribution in [0, 0.1) is 5.92 Å². The summed E-state index contributed by atoms with van der Waals surface area (Å²) < 4.78 is 5.63. The van der Waals surface area contributed by atoms with Gasteiger partial charge in [0, 0.05) is 18.3 Å². The molecule has 2 fully saturated rings. The van der Waals surface area contributed by atoms with Crippen LogP contribution in [0.1, 0.15) is 12.8 Å². The number of aromatic nitrogens is 1. The van der Waals surface area contributed by atoms with Crippen LogP contribution in [0.25, 0.3) is 0 Å². The van der Waals surface area contributed by atoms with E-state index in [1.807, 2.05) is 12.1 Å². The molecule has 2 aliphatic rings. The number of nitrogens with zero attached hydrogens (tertiary/aromatic N) is 1. The Bertz CT molecular complexity index is 365. The van der Waals surface area contributed by atoms with Crippen molar-refractivity contribution in [3.63, 3.8) is 0 Å². The molecule has 0 bridgehead atoms. The van der Waals surface area contributed by atoms with E-state index in [2.05, 4.69) is 10.3 Å². The number of piperidine rings is 1. The van der Waals surface area contributed by atoms with Gasteiger partial charge in [-0.2, -0.15) is 0 Å². The Morgan fingerprint density at radius 2 is 2.38 bits per heavy atom. The van der Waals surface area contributed by atoms with E-state index in [1.54, 1.807) is 6.20 Å². The minimum Gasteiger partial charge on any atom is -0.489 e. The summed E-state index contributed by atoms with van der Waals surface area (Å²) in [6.45, 7) is 0.693. The number of rotatable bonds is 3. The first-order chi connectivity index (χ1) is 7.33.